The molecule has 1 aliphatic carbocycles. The molecule has 2 aromatic carbocycles. The molecule has 1 atom stereocenters. The van der Waals surface area contributed by atoms with E-state index in [-0.39, 0.29) is 34.5 Å². The maximum absolute atomic E-state index is 14.6. The van der Waals surface area contributed by atoms with Crippen molar-refractivity contribution in [3.63, 3.8) is 0 Å². The second-order valence-electron chi connectivity index (χ2n) is 7.22. The van der Waals surface area contributed by atoms with Crippen LogP contribution in [0.5, 0.6) is 5.75 Å². The van der Waals surface area contributed by atoms with Crippen molar-refractivity contribution in [1.29, 1.82) is 0 Å². The number of aromatic nitrogens is 2. The molecule has 3 aromatic rings. The number of halogens is 2. The van der Waals surface area contributed by atoms with E-state index in [0.29, 0.717) is 16.3 Å². The van der Waals surface area contributed by atoms with Gasteiger partial charge in [-0.25, -0.2) is 9.18 Å². The predicted molar refractivity (Wildman–Crippen MR) is 124 cm³/mol. The SMILES string of the molecule is CC.NC(Cc1ccc(-c2noc(C3CCC3)n2)c(F)c1)C(=O)Oc1c(S)cccc1Cl. The van der Waals surface area contributed by atoms with Crippen LogP contribution in [0.2, 0.25) is 5.02 Å². The van der Waals surface area contributed by atoms with Crippen molar-refractivity contribution in [2.45, 2.75) is 56.4 Å². The molecule has 2 N–H and O–H groups in total. The molecule has 32 heavy (non-hydrogen) atoms. The number of nitrogens with two attached hydrogens (primary N) is 1. The average Bonchev–Trinajstić information content (AvgIpc) is 3.20. The first-order valence-electron chi connectivity index (χ1n) is 10.5. The third kappa shape index (κ3) is 5.49. The first-order chi connectivity index (χ1) is 15.4. The molecule has 0 saturated heterocycles. The van der Waals surface area contributed by atoms with Gasteiger partial charge >= 0.3 is 5.97 Å². The Balaban J connectivity index is 0.00000141. The minimum atomic E-state index is -1.00. The van der Waals surface area contributed by atoms with Crippen molar-refractivity contribution in [3.8, 4) is 17.1 Å². The smallest absolute Gasteiger partial charge is 0.328 e. The largest absolute Gasteiger partial charge is 0.423 e. The van der Waals surface area contributed by atoms with E-state index in [2.05, 4.69) is 22.8 Å². The van der Waals surface area contributed by atoms with E-state index in [4.69, 9.17) is 26.6 Å². The van der Waals surface area contributed by atoms with E-state index in [1.807, 2.05) is 13.8 Å². The summed E-state index contributed by atoms with van der Waals surface area (Å²) in [5.74, 6) is -0.0291. The van der Waals surface area contributed by atoms with E-state index >= 15 is 0 Å². The number of carbonyl (C=O) groups is 1. The normalized spacial score (nSPS) is 14.2. The van der Waals surface area contributed by atoms with Crippen molar-refractivity contribution in [1.82, 2.24) is 10.1 Å². The van der Waals surface area contributed by atoms with Crippen molar-refractivity contribution in [2.24, 2.45) is 5.73 Å². The highest BCUT2D eigenvalue weighted by molar-refractivity contribution is 7.80. The van der Waals surface area contributed by atoms with Crippen LogP contribution in [-0.2, 0) is 11.2 Å². The first kappa shape index (κ1) is 24.2. The summed E-state index contributed by atoms with van der Waals surface area (Å²) >= 11 is 10.3. The van der Waals surface area contributed by atoms with Crippen LogP contribution in [0, 0.1) is 5.82 Å². The number of ether oxygens (including phenoxy) is 1. The Bertz CT molecular complexity index is 1070. The van der Waals surface area contributed by atoms with Gasteiger partial charge in [-0.1, -0.05) is 49.2 Å². The Morgan fingerprint density at radius 3 is 2.72 bits per heavy atom. The first-order valence-corrected chi connectivity index (χ1v) is 11.3. The molecule has 170 valence electrons. The highest BCUT2D eigenvalue weighted by Crippen LogP contribution is 2.36. The summed E-state index contributed by atoms with van der Waals surface area (Å²) in [6.45, 7) is 4.00. The molecule has 0 bridgehead atoms. The molecule has 1 unspecified atom stereocenters. The molecule has 9 heteroatoms. The molecular weight excluding hydrogens is 453 g/mol. The minimum Gasteiger partial charge on any atom is -0.423 e. The molecule has 6 nitrogen and oxygen atoms in total. The Kier molecular flexibility index (Phi) is 8.28. The summed E-state index contributed by atoms with van der Waals surface area (Å²) < 4.78 is 25.2. The molecule has 1 fully saturated rings. The number of esters is 1. The van der Waals surface area contributed by atoms with Crippen molar-refractivity contribution >= 4 is 30.2 Å². The highest BCUT2D eigenvalue weighted by atomic mass is 35.5. The molecule has 1 saturated carbocycles. The standard InChI is InChI=1S/C21H19ClFN3O3S.C2H6/c22-14-5-2-6-17(30)18(14)28-21(27)16(24)10-11-7-8-13(15(23)9-11)19-25-20(29-26-19)12-3-1-4-12;1-2/h2,5-9,12,16,30H,1,3-4,10,24H2;1-2H3. The van der Waals surface area contributed by atoms with Gasteiger partial charge in [0.15, 0.2) is 5.75 Å². The number of hydrogen-bond acceptors (Lipinski definition) is 7. The fourth-order valence-electron chi connectivity index (χ4n) is 3.14. The Labute approximate surface area is 196 Å². The lowest BCUT2D eigenvalue weighted by atomic mass is 9.85. The van der Waals surface area contributed by atoms with Crippen LogP contribution in [0.3, 0.4) is 0 Å². The third-order valence-electron chi connectivity index (χ3n) is 5.08. The van der Waals surface area contributed by atoms with Crippen LogP contribution < -0.4 is 10.5 Å². The molecule has 0 radical (unpaired) electrons. The van der Waals surface area contributed by atoms with Crippen molar-refractivity contribution in [3.05, 3.63) is 58.7 Å². The van der Waals surface area contributed by atoms with Crippen LogP contribution in [0.1, 0.15) is 50.5 Å². The second-order valence-corrected chi connectivity index (χ2v) is 8.11. The zero-order chi connectivity index (χ0) is 23.3. The number of hydrogen-bond donors (Lipinski definition) is 2. The zero-order valence-electron chi connectivity index (χ0n) is 17.8. The summed E-state index contributed by atoms with van der Waals surface area (Å²) in [4.78, 5) is 17.1. The number of thiol groups is 1. The maximum Gasteiger partial charge on any atom is 0.328 e. The van der Waals surface area contributed by atoms with Crippen molar-refractivity contribution in [2.75, 3.05) is 0 Å². The van der Waals surface area contributed by atoms with E-state index in [1.165, 1.54) is 6.07 Å². The van der Waals surface area contributed by atoms with Gasteiger partial charge in [-0.05, 0) is 49.1 Å². The fourth-order valence-corrected chi connectivity index (χ4v) is 3.68. The van der Waals surface area contributed by atoms with Gasteiger partial charge in [-0.15, -0.1) is 12.6 Å². The van der Waals surface area contributed by atoms with Gasteiger partial charge in [0, 0.05) is 10.8 Å². The summed E-state index contributed by atoms with van der Waals surface area (Å²) in [6.07, 6.45) is 3.25. The molecule has 4 rings (SSSR count). The zero-order valence-corrected chi connectivity index (χ0v) is 19.5. The molecule has 1 aliphatic rings. The number of nitrogens with zero attached hydrogens (tertiary/aromatic N) is 2. The summed E-state index contributed by atoms with van der Waals surface area (Å²) in [5.41, 5.74) is 6.72. The third-order valence-corrected chi connectivity index (χ3v) is 5.73. The molecule has 1 heterocycles. The minimum absolute atomic E-state index is 0.0853. The lowest BCUT2D eigenvalue weighted by Gasteiger charge is -2.20. The summed E-state index contributed by atoms with van der Waals surface area (Å²) in [5, 5.41) is 4.14. The molecule has 0 aliphatic heterocycles. The summed E-state index contributed by atoms with van der Waals surface area (Å²) in [6, 6.07) is 8.44. The average molecular weight is 478 g/mol. The van der Waals surface area contributed by atoms with E-state index in [9.17, 15) is 9.18 Å². The number of rotatable bonds is 6. The molecule has 0 amide bonds. The number of para-hydroxylation sites is 1. The Morgan fingerprint density at radius 1 is 1.34 bits per heavy atom. The van der Waals surface area contributed by atoms with Gasteiger partial charge in [-0.2, -0.15) is 4.98 Å². The summed E-state index contributed by atoms with van der Waals surface area (Å²) in [7, 11) is 0. The number of carbonyl (C=O) groups excluding carboxylic acids is 1. The lowest BCUT2D eigenvalue weighted by molar-refractivity contribution is -0.136. The molecule has 0 spiro atoms. The molecule has 1 aromatic heterocycles. The monoisotopic (exact) mass is 477 g/mol. The van der Waals surface area contributed by atoms with Crippen LogP contribution in [-0.4, -0.2) is 22.2 Å². The van der Waals surface area contributed by atoms with Crippen LogP contribution >= 0.6 is 24.2 Å². The van der Waals surface area contributed by atoms with Crippen molar-refractivity contribution < 1.29 is 18.4 Å². The second kappa shape index (κ2) is 10.9. The fraction of sp³-hybridized carbons (Fsp3) is 0.348. The van der Waals surface area contributed by atoms with Crippen LogP contribution in [0.15, 0.2) is 45.8 Å². The molecular formula is C23H25ClFN3O3S. The highest BCUT2D eigenvalue weighted by Gasteiger charge is 2.26. The maximum atomic E-state index is 14.6. The number of benzene rings is 2. The predicted octanol–water partition coefficient (Wildman–Crippen LogP) is 5.59. The van der Waals surface area contributed by atoms with Gasteiger partial charge in [0.25, 0.3) is 0 Å². The van der Waals surface area contributed by atoms with Gasteiger partial charge < -0.3 is 15.0 Å². The van der Waals surface area contributed by atoms with Gasteiger partial charge in [-0.3, -0.25) is 0 Å². The van der Waals surface area contributed by atoms with Gasteiger partial charge in [0.1, 0.15) is 11.9 Å². The van der Waals surface area contributed by atoms with Crippen LogP contribution in [0.25, 0.3) is 11.4 Å². The van der Waals surface area contributed by atoms with Gasteiger partial charge in [0.05, 0.1) is 10.6 Å². The van der Waals surface area contributed by atoms with Crippen LogP contribution in [0.4, 0.5) is 4.39 Å². The Hall–Kier alpha value is -2.42. The van der Waals surface area contributed by atoms with E-state index < -0.39 is 17.8 Å². The van der Waals surface area contributed by atoms with E-state index in [0.717, 1.165) is 19.3 Å². The quantitative estimate of drug-likeness (QED) is 0.273. The van der Waals surface area contributed by atoms with E-state index in [1.54, 1.807) is 30.3 Å². The lowest BCUT2D eigenvalue weighted by Crippen LogP contribution is -2.36. The van der Waals surface area contributed by atoms with Gasteiger partial charge in [0.2, 0.25) is 11.7 Å². The Morgan fingerprint density at radius 2 is 2.09 bits per heavy atom. The topological polar surface area (TPSA) is 91.2 Å².